The molecule has 0 spiro atoms. The van der Waals surface area contributed by atoms with E-state index in [2.05, 4.69) is 16.3 Å². The molecule has 6 nitrogen and oxygen atoms in total. The molecule has 0 aliphatic carbocycles. The van der Waals surface area contributed by atoms with E-state index >= 15 is 0 Å². The SMILES string of the molecule is COc1cc(-c2cc(N)n[nH]2)cc(C#N)c1OC. The maximum absolute atomic E-state index is 9.11. The van der Waals surface area contributed by atoms with Gasteiger partial charge in [0.05, 0.1) is 25.5 Å². The van der Waals surface area contributed by atoms with Crippen LogP contribution < -0.4 is 15.2 Å². The summed E-state index contributed by atoms with van der Waals surface area (Å²) < 4.78 is 10.4. The number of nitrogens with zero attached hydrogens (tertiary/aromatic N) is 2. The monoisotopic (exact) mass is 244 g/mol. The van der Waals surface area contributed by atoms with Gasteiger partial charge in [0.1, 0.15) is 11.9 Å². The second kappa shape index (κ2) is 4.67. The number of nitrogen functional groups attached to an aromatic ring is 1. The number of nitrogens with two attached hydrogens (primary N) is 1. The lowest BCUT2D eigenvalue weighted by Gasteiger charge is -2.10. The summed E-state index contributed by atoms with van der Waals surface area (Å²) in [6.45, 7) is 0. The highest BCUT2D eigenvalue weighted by atomic mass is 16.5. The third-order valence-corrected chi connectivity index (χ3v) is 2.51. The molecule has 0 fully saturated rings. The number of ether oxygens (including phenoxy) is 2. The Morgan fingerprint density at radius 3 is 2.56 bits per heavy atom. The Morgan fingerprint density at radius 2 is 2.06 bits per heavy atom. The minimum Gasteiger partial charge on any atom is -0.493 e. The summed E-state index contributed by atoms with van der Waals surface area (Å²) in [6, 6.07) is 7.20. The lowest BCUT2D eigenvalue weighted by atomic mass is 10.1. The van der Waals surface area contributed by atoms with Gasteiger partial charge in [0, 0.05) is 11.6 Å². The number of H-pyrrole nitrogens is 1. The zero-order valence-electron chi connectivity index (χ0n) is 10.0. The summed E-state index contributed by atoms with van der Waals surface area (Å²) in [5.74, 6) is 1.29. The number of aromatic nitrogens is 2. The second-order valence-electron chi connectivity index (χ2n) is 3.58. The first-order chi connectivity index (χ1) is 8.69. The molecule has 0 bridgehead atoms. The van der Waals surface area contributed by atoms with Crippen LogP contribution >= 0.6 is 0 Å². The number of anilines is 1. The standard InChI is InChI=1S/C12H12N4O2/c1-17-10-4-7(9-5-11(14)16-15-9)3-8(6-13)12(10)18-2/h3-5H,1-2H3,(H3,14,15,16). The summed E-state index contributed by atoms with van der Waals surface area (Å²) in [5, 5.41) is 15.7. The number of aromatic amines is 1. The minimum atomic E-state index is 0.387. The van der Waals surface area contributed by atoms with Crippen molar-refractivity contribution in [1.29, 1.82) is 5.26 Å². The van der Waals surface area contributed by atoms with Crippen LogP contribution in [0, 0.1) is 11.3 Å². The molecule has 2 aromatic rings. The third kappa shape index (κ3) is 1.94. The van der Waals surface area contributed by atoms with Crippen LogP contribution in [0.5, 0.6) is 11.5 Å². The largest absolute Gasteiger partial charge is 0.493 e. The van der Waals surface area contributed by atoms with Crippen LogP contribution in [-0.2, 0) is 0 Å². The summed E-state index contributed by atoms with van der Waals surface area (Å²) in [7, 11) is 3.01. The first-order valence-electron chi connectivity index (χ1n) is 5.17. The van der Waals surface area contributed by atoms with Crippen molar-refractivity contribution in [3.8, 4) is 28.8 Å². The van der Waals surface area contributed by atoms with Gasteiger partial charge in [0.15, 0.2) is 11.5 Å². The number of hydrogen-bond acceptors (Lipinski definition) is 5. The van der Waals surface area contributed by atoms with Crippen molar-refractivity contribution in [2.75, 3.05) is 20.0 Å². The average molecular weight is 244 g/mol. The van der Waals surface area contributed by atoms with Crippen molar-refractivity contribution in [2.45, 2.75) is 0 Å². The van der Waals surface area contributed by atoms with E-state index in [1.807, 2.05) is 0 Å². The molecule has 3 N–H and O–H groups in total. The zero-order chi connectivity index (χ0) is 13.1. The summed E-state index contributed by atoms with van der Waals surface area (Å²) >= 11 is 0. The van der Waals surface area contributed by atoms with Gasteiger partial charge in [-0.25, -0.2) is 0 Å². The molecule has 0 aliphatic heterocycles. The van der Waals surface area contributed by atoms with E-state index in [0.717, 1.165) is 5.56 Å². The van der Waals surface area contributed by atoms with Crippen LogP contribution in [0.15, 0.2) is 18.2 Å². The van der Waals surface area contributed by atoms with Crippen LogP contribution in [0.2, 0.25) is 0 Å². The Kier molecular flexibility index (Phi) is 3.06. The number of benzene rings is 1. The van der Waals surface area contributed by atoms with Gasteiger partial charge in [0.25, 0.3) is 0 Å². The summed E-state index contributed by atoms with van der Waals surface area (Å²) in [4.78, 5) is 0. The van der Waals surface area contributed by atoms with Gasteiger partial charge in [0.2, 0.25) is 0 Å². The lowest BCUT2D eigenvalue weighted by molar-refractivity contribution is 0.354. The van der Waals surface area contributed by atoms with Gasteiger partial charge >= 0.3 is 0 Å². The molecular weight excluding hydrogens is 232 g/mol. The highest BCUT2D eigenvalue weighted by Crippen LogP contribution is 2.35. The Morgan fingerprint density at radius 1 is 1.28 bits per heavy atom. The molecule has 0 radical (unpaired) electrons. The van der Waals surface area contributed by atoms with Crippen LogP contribution in [0.25, 0.3) is 11.3 Å². The Hall–Kier alpha value is -2.68. The second-order valence-corrected chi connectivity index (χ2v) is 3.58. The van der Waals surface area contributed by atoms with Gasteiger partial charge < -0.3 is 15.2 Å². The fraction of sp³-hybridized carbons (Fsp3) is 0.167. The normalized spacial score (nSPS) is 9.83. The molecule has 0 saturated carbocycles. The number of nitriles is 1. The molecule has 0 unspecified atom stereocenters. The topological polar surface area (TPSA) is 97.0 Å². The van der Waals surface area contributed by atoms with E-state index in [0.29, 0.717) is 28.6 Å². The number of rotatable bonds is 3. The fourth-order valence-electron chi connectivity index (χ4n) is 1.69. The van der Waals surface area contributed by atoms with E-state index in [9.17, 15) is 0 Å². The van der Waals surface area contributed by atoms with Crippen LogP contribution in [-0.4, -0.2) is 24.4 Å². The average Bonchev–Trinajstić information content (AvgIpc) is 2.83. The van der Waals surface area contributed by atoms with E-state index < -0.39 is 0 Å². The van der Waals surface area contributed by atoms with E-state index in [1.165, 1.54) is 14.2 Å². The molecule has 1 aromatic carbocycles. The predicted octanol–water partition coefficient (Wildman–Crippen LogP) is 1.55. The highest BCUT2D eigenvalue weighted by molar-refractivity contribution is 5.70. The van der Waals surface area contributed by atoms with Crippen molar-refractivity contribution < 1.29 is 9.47 Å². The smallest absolute Gasteiger partial charge is 0.178 e. The number of nitrogens with one attached hydrogen (secondary N) is 1. The quantitative estimate of drug-likeness (QED) is 0.853. The van der Waals surface area contributed by atoms with E-state index in [4.69, 9.17) is 20.5 Å². The van der Waals surface area contributed by atoms with Crippen molar-refractivity contribution in [3.63, 3.8) is 0 Å². The third-order valence-electron chi connectivity index (χ3n) is 2.51. The fourth-order valence-corrected chi connectivity index (χ4v) is 1.69. The first-order valence-corrected chi connectivity index (χ1v) is 5.17. The molecule has 0 atom stereocenters. The number of methoxy groups -OCH3 is 2. The Labute approximate surface area is 104 Å². The Balaban J connectivity index is 2.61. The van der Waals surface area contributed by atoms with Crippen LogP contribution in [0.4, 0.5) is 5.82 Å². The molecule has 2 rings (SSSR count). The van der Waals surface area contributed by atoms with Crippen molar-refractivity contribution >= 4 is 5.82 Å². The molecule has 0 amide bonds. The van der Waals surface area contributed by atoms with E-state index in [1.54, 1.807) is 18.2 Å². The predicted molar refractivity (Wildman–Crippen MR) is 66.3 cm³/mol. The molecule has 18 heavy (non-hydrogen) atoms. The molecule has 0 saturated heterocycles. The summed E-state index contributed by atoms with van der Waals surface area (Å²) in [5.41, 5.74) is 7.41. The maximum Gasteiger partial charge on any atom is 0.178 e. The molecule has 6 heteroatoms. The van der Waals surface area contributed by atoms with Crippen molar-refractivity contribution in [1.82, 2.24) is 10.2 Å². The van der Waals surface area contributed by atoms with Gasteiger partial charge in [-0.15, -0.1) is 0 Å². The molecule has 0 aliphatic rings. The highest BCUT2D eigenvalue weighted by Gasteiger charge is 2.14. The van der Waals surface area contributed by atoms with E-state index in [-0.39, 0.29) is 0 Å². The van der Waals surface area contributed by atoms with Crippen molar-refractivity contribution in [3.05, 3.63) is 23.8 Å². The maximum atomic E-state index is 9.11. The molecular formula is C12H12N4O2. The number of hydrogen-bond donors (Lipinski definition) is 2. The first kappa shape index (κ1) is 11.8. The molecule has 1 heterocycles. The molecule has 1 aromatic heterocycles. The zero-order valence-corrected chi connectivity index (χ0v) is 10.0. The van der Waals surface area contributed by atoms with Gasteiger partial charge in [-0.2, -0.15) is 10.4 Å². The van der Waals surface area contributed by atoms with Gasteiger partial charge in [-0.1, -0.05) is 0 Å². The van der Waals surface area contributed by atoms with Crippen molar-refractivity contribution in [2.24, 2.45) is 0 Å². The minimum absolute atomic E-state index is 0.387. The van der Waals surface area contributed by atoms with Crippen LogP contribution in [0.3, 0.4) is 0 Å². The van der Waals surface area contributed by atoms with Gasteiger partial charge in [-0.3, -0.25) is 5.10 Å². The van der Waals surface area contributed by atoms with Crippen LogP contribution in [0.1, 0.15) is 5.56 Å². The molecule has 92 valence electrons. The van der Waals surface area contributed by atoms with Gasteiger partial charge in [-0.05, 0) is 12.1 Å². The Bertz CT molecular complexity index is 613. The lowest BCUT2D eigenvalue weighted by Crippen LogP contribution is -1.95. The summed E-state index contributed by atoms with van der Waals surface area (Å²) in [6.07, 6.45) is 0.